The zero-order valence-electron chi connectivity index (χ0n) is 7.77. The summed E-state index contributed by atoms with van der Waals surface area (Å²) >= 11 is 0. The number of halogens is 5. The molecule has 0 saturated heterocycles. The van der Waals surface area contributed by atoms with Crippen LogP contribution in [0, 0.1) is 5.41 Å². The average Bonchev–Trinajstić information content (AvgIpc) is 2.00. The van der Waals surface area contributed by atoms with Crippen molar-refractivity contribution < 1.29 is 37.0 Å². The Balaban J connectivity index is 5.28. The summed E-state index contributed by atoms with van der Waals surface area (Å²) in [5.74, 6) is -7.43. The number of hydrogen-bond acceptors (Lipinski definition) is 2. The van der Waals surface area contributed by atoms with Gasteiger partial charge in [0.1, 0.15) is 0 Å². The van der Waals surface area contributed by atoms with E-state index < -0.39 is 29.6 Å². The second kappa shape index (κ2) is 3.58. The number of aliphatic hydroxyl groups is 1. The molecule has 0 saturated carbocycles. The number of hydrogen-bond donors (Lipinski definition) is 2. The molecule has 8 heteroatoms. The summed E-state index contributed by atoms with van der Waals surface area (Å²) in [7, 11) is 0. The summed E-state index contributed by atoms with van der Waals surface area (Å²) in [4.78, 5) is 10.2. The van der Waals surface area contributed by atoms with Crippen molar-refractivity contribution in [3.05, 3.63) is 0 Å². The number of alkyl halides is 5. The van der Waals surface area contributed by atoms with Crippen molar-refractivity contribution in [2.75, 3.05) is 0 Å². The third kappa shape index (κ3) is 2.19. The molecule has 3 nitrogen and oxygen atoms in total. The Morgan fingerprint density at radius 1 is 1.13 bits per heavy atom. The van der Waals surface area contributed by atoms with Crippen LogP contribution in [0.15, 0.2) is 0 Å². The van der Waals surface area contributed by atoms with Gasteiger partial charge in [0.25, 0.3) is 0 Å². The number of rotatable bonds is 3. The molecule has 1 unspecified atom stereocenters. The molecule has 0 aromatic carbocycles. The van der Waals surface area contributed by atoms with Gasteiger partial charge in [-0.05, 0) is 0 Å². The van der Waals surface area contributed by atoms with Crippen molar-refractivity contribution >= 4 is 5.97 Å². The van der Waals surface area contributed by atoms with Crippen molar-refractivity contribution in [3.63, 3.8) is 0 Å². The van der Waals surface area contributed by atoms with Gasteiger partial charge in [-0.1, -0.05) is 13.8 Å². The quantitative estimate of drug-likeness (QED) is 0.732. The molecule has 0 spiro atoms. The van der Waals surface area contributed by atoms with Crippen molar-refractivity contribution in [3.8, 4) is 0 Å². The first-order valence-electron chi connectivity index (χ1n) is 3.71. The first-order chi connectivity index (χ1) is 6.35. The summed E-state index contributed by atoms with van der Waals surface area (Å²) in [6.07, 6.45) is -8.72. The minimum atomic E-state index is -5.91. The first-order valence-corrected chi connectivity index (χ1v) is 3.71. The number of aliphatic carboxylic acids is 1. The van der Waals surface area contributed by atoms with E-state index in [1.165, 1.54) is 0 Å². The Hall–Kier alpha value is -0.920. The van der Waals surface area contributed by atoms with E-state index >= 15 is 0 Å². The fraction of sp³-hybridized carbons (Fsp3) is 0.857. The summed E-state index contributed by atoms with van der Waals surface area (Å²) in [5, 5.41) is 17.0. The molecular formula is C7H9F5O3. The molecule has 0 rings (SSSR count). The second-order valence-electron chi connectivity index (χ2n) is 3.53. The van der Waals surface area contributed by atoms with Gasteiger partial charge in [-0.15, -0.1) is 0 Å². The van der Waals surface area contributed by atoms with Crippen LogP contribution in [0.2, 0.25) is 0 Å². The van der Waals surface area contributed by atoms with E-state index in [1.807, 2.05) is 0 Å². The van der Waals surface area contributed by atoms with E-state index in [1.54, 1.807) is 0 Å². The SMILES string of the molecule is CC(C)(C(O)C(=O)O)C(F)(F)C(F)(F)F. The van der Waals surface area contributed by atoms with Gasteiger partial charge in [-0.2, -0.15) is 22.0 Å². The van der Waals surface area contributed by atoms with E-state index in [4.69, 9.17) is 10.2 Å². The van der Waals surface area contributed by atoms with Crippen LogP contribution in [0.4, 0.5) is 22.0 Å². The van der Waals surface area contributed by atoms with Crippen LogP contribution in [0.1, 0.15) is 13.8 Å². The summed E-state index contributed by atoms with van der Waals surface area (Å²) < 4.78 is 61.2. The number of carboxylic acid groups (broad SMARTS) is 1. The van der Waals surface area contributed by atoms with Crippen LogP contribution in [0.25, 0.3) is 0 Å². The Morgan fingerprint density at radius 2 is 1.47 bits per heavy atom. The fourth-order valence-electron chi connectivity index (χ4n) is 0.846. The lowest BCUT2D eigenvalue weighted by molar-refractivity contribution is -0.331. The van der Waals surface area contributed by atoms with Gasteiger partial charge < -0.3 is 10.2 Å². The van der Waals surface area contributed by atoms with Gasteiger partial charge in [0, 0.05) is 0 Å². The predicted molar refractivity (Wildman–Crippen MR) is 38.4 cm³/mol. The molecule has 0 aliphatic rings. The van der Waals surface area contributed by atoms with E-state index in [0.29, 0.717) is 13.8 Å². The van der Waals surface area contributed by atoms with Gasteiger partial charge >= 0.3 is 18.1 Å². The maximum absolute atomic E-state index is 12.8. The number of carbonyl (C=O) groups is 1. The number of carboxylic acids is 1. The monoisotopic (exact) mass is 236 g/mol. The zero-order valence-corrected chi connectivity index (χ0v) is 7.77. The van der Waals surface area contributed by atoms with E-state index in [9.17, 15) is 26.7 Å². The smallest absolute Gasteiger partial charge is 0.453 e. The molecule has 15 heavy (non-hydrogen) atoms. The highest BCUT2D eigenvalue weighted by Gasteiger charge is 2.69. The summed E-state index contributed by atoms with van der Waals surface area (Å²) in [5.41, 5.74) is -3.14. The Kier molecular flexibility index (Phi) is 3.36. The largest absolute Gasteiger partial charge is 0.479 e. The molecule has 2 N–H and O–H groups in total. The van der Waals surface area contributed by atoms with Crippen molar-refractivity contribution in [2.24, 2.45) is 5.41 Å². The highest BCUT2D eigenvalue weighted by atomic mass is 19.4. The number of aliphatic hydroxyl groups excluding tert-OH is 1. The standard InChI is InChI=1S/C7H9F5O3/c1-5(2,3(13)4(14)15)6(8,9)7(10,11)12/h3,13H,1-2H3,(H,14,15). The molecule has 0 fully saturated rings. The lowest BCUT2D eigenvalue weighted by Gasteiger charge is -2.36. The normalized spacial score (nSPS) is 16.3. The molecule has 0 bridgehead atoms. The Bertz CT molecular complexity index is 258. The third-order valence-electron chi connectivity index (χ3n) is 2.08. The lowest BCUT2D eigenvalue weighted by Crippen LogP contribution is -2.56. The molecular weight excluding hydrogens is 227 g/mol. The van der Waals surface area contributed by atoms with Gasteiger partial charge in [0.05, 0.1) is 5.41 Å². The molecule has 0 radical (unpaired) electrons. The van der Waals surface area contributed by atoms with E-state index in [2.05, 4.69) is 0 Å². The van der Waals surface area contributed by atoms with Gasteiger partial charge in [-0.3, -0.25) is 0 Å². The Labute approximate surface area is 81.5 Å². The minimum absolute atomic E-state index is 0.333. The van der Waals surface area contributed by atoms with Gasteiger partial charge in [0.15, 0.2) is 6.10 Å². The van der Waals surface area contributed by atoms with Crippen molar-refractivity contribution in [2.45, 2.75) is 32.1 Å². The summed E-state index contributed by atoms with van der Waals surface area (Å²) in [6.45, 7) is 0.665. The molecule has 0 aliphatic heterocycles. The predicted octanol–water partition coefficient (Wildman–Crippen LogP) is 1.66. The molecule has 0 aromatic heterocycles. The molecule has 0 amide bonds. The third-order valence-corrected chi connectivity index (χ3v) is 2.08. The highest BCUT2D eigenvalue weighted by Crippen LogP contribution is 2.49. The van der Waals surface area contributed by atoms with Gasteiger partial charge in [-0.25, -0.2) is 4.79 Å². The van der Waals surface area contributed by atoms with Crippen molar-refractivity contribution in [1.82, 2.24) is 0 Å². The highest BCUT2D eigenvalue weighted by molar-refractivity contribution is 5.73. The maximum atomic E-state index is 12.8. The molecule has 0 heterocycles. The fourth-order valence-corrected chi connectivity index (χ4v) is 0.846. The van der Waals surface area contributed by atoms with E-state index in [-0.39, 0.29) is 0 Å². The van der Waals surface area contributed by atoms with Gasteiger partial charge in [0.2, 0.25) is 0 Å². The van der Waals surface area contributed by atoms with E-state index in [0.717, 1.165) is 0 Å². The Morgan fingerprint density at radius 3 is 1.67 bits per heavy atom. The average molecular weight is 236 g/mol. The molecule has 0 aromatic rings. The van der Waals surface area contributed by atoms with Crippen LogP contribution < -0.4 is 0 Å². The van der Waals surface area contributed by atoms with Crippen LogP contribution in [-0.4, -0.2) is 34.4 Å². The second-order valence-corrected chi connectivity index (χ2v) is 3.53. The van der Waals surface area contributed by atoms with Crippen LogP contribution in [-0.2, 0) is 4.79 Å². The minimum Gasteiger partial charge on any atom is -0.479 e. The molecule has 90 valence electrons. The topological polar surface area (TPSA) is 57.5 Å². The van der Waals surface area contributed by atoms with Crippen LogP contribution >= 0.6 is 0 Å². The molecule has 1 atom stereocenters. The van der Waals surface area contributed by atoms with Crippen molar-refractivity contribution in [1.29, 1.82) is 0 Å². The first kappa shape index (κ1) is 14.1. The zero-order chi connectivity index (χ0) is 12.7. The van der Waals surface area contributed by atoms with Crippen LogP contribution in [0.5, 0.6) is 0 Å². The lowest BCUT2D eigenvalue weighted by atomic mass is 9.79. The van der Waals surface area contributed by atoms with Crippen LogP contribution in [0.3, 0.4) is 0 Å². The maximum Gasteiger partial charge on any atom is 0.453 e. The molecule has 0 aliphatic carbocycles. The summed E-state index contributed by atoms with van der Waals surface area (Å²) in [6, 6.07) is 0.